The Morgan fingerprint density at radius 2 is 2.25 bits per heavy atom. The van der Waals surface area contributed by atoms with Crippen LogP contribution < -0.4 is 5.32 Å². The maximum absolute atomic E-state index is 12.7. The zero-order valence-electron chi connectivity index (χ0n) is 13.4. The molecular formula is C18H19N3O2S. The van der Waals surface area contributed by atoms with Gasteiger partial charge in [0.2, 0.25) is 0 Å². The van der Waals surface area contributed by atoms with E-state index in [0.717, 1.165) is 22.2 Å². The molecule has 3 aromatic rings. The first-order valence-corrected chi connectivity index (χ1v) is 8.94. The monoisotopic (exact) mass is 341 g/mol. The molecule has 0 unspecified atom stereocenters. The number of urea groups is 1. The fourth-order valence-electron chi connectivity index (χ4n) is 3.15. The van der Waals surface area contributed by atoms with Crippen LogP contribution in [0.15, 0.2) is 47.3 Å². The fourth-order valence-corrected chi connectivity index (χ4v) is 3.85. The van der Waals surface area contributed by atoms with Crippen molar-refractivity contribution < 1.29 is 9.53 Å². The number of aromatic nitrogens is 1. The Kier molecular flexibility index (Phi) is 4.00. The number of carbonyl (C=O) groups excluding carboxylic acids is 1. The molecule has 2 aromatic heterocycles. The standard InChI is InChI=1S/C18H19N3O2S/c1-12-9-21(10-17(23-12)13-6-8-24-11-13)18(22)20-16-4-2-3-15-14(16)5-7-19-15/h2-8,11-12,17,19H,9-10H2,1H3,(H,20,22)/t12-,17-/m0/s1. The number of hydrogen-bond acceptors (Lipinski definition) is 3. The fraction of sp³-hybridized carbons (Fsp3) is 0.278. The highest BCUT2D eigenvalue weighted by molar-refractivity contribution is 7.07. The first-order valence-electron chi connectivity index (χ1n) is 8.00. The van der Waals surface area contributed by atoms with Gasteiger partial charge in [0.1, 0.15) is 6.10 Å². The first-order chi connectivity index (χ1) is 11.7. The average Bonchev–Trinajstić information content (AvgIpc) is 3.26. The summed E-state index contributed by atoms with van der Waals surface area (Å²) in [5, 5.41) is 8.18. The van der Waals surface area contributed by atoms with Crippen molar-refractivity contribution in [2.45, 2.75) is 19.1 Å². The van der Waals surface area contributed by atoms with Gasteiger partial charge in [-0.25, -0.2) is 4.79 Å². The highest BCUT2D eigenvalue weighted by Gasteiger charge is 2.29. The van der Waals surface area contributed by atoms with Crippen LogP contribution in [-0.2, 0) is 4.74 Å². The molecule has 1 aliphatic rings. The van der Waals surface area contributed by atoms with E-state index in [2.05, 4.69) is 21.7 Å². The molecular weight excluding hydrogens is 322 g/mol. The smallest absolute Gasteiger partial charge is 0.322 e. The Morgan fingerprint density at radius 3 is 3.08 bits per heavy atom. The van der Waals surface area contributed by atoms with Gasteiger partial charge in [-0.15, -0.1) is 0 Å². The van der Waals surface area contributed by atoms with Crippen LogP contribution >= 0.6 is 11.3 Å². The molecule has 0 aliphatic carbocycles. The van der Waals surface area contributed by atoms with Crippen LogP contribution in [0.5, 0.6) is 0 Å². The molecule has 0 bridgehead atoms. The lowest BCUT2D eigenvalue weighted by Crippen LogP contribution is -2.47. The van der Waals surface area contributed by atoms with Gasteiger partial charge in [0.25, 0.3) is 0 Å². The van der Waals surface area contributed by atoms with Gasteiger partial charge in [-0.1, -0.05) is 6.07 Å². The average molecular weight is 341 g/mol. The van der Waals surface area contributed by atoms with Gasteiger partial charge in [-0.05, 0) is 47.5 Å². The molecule has 4 rings (SSSR count). The molecule has 0 saturated carbocycles. The normalized spacial score (nSPS) is 21.1. The van der Waals surface area contributed by atoms with Crippen molar-refractivity contribution in [3.05, 3.63) is 52.9 Å². The van der Waals surface area contributed by atoms with Gasteiger partial charge in [0, 0.05) is 23.6 Å². The molecule has 1 saturated heterocycles. The number of morpholine rings is 1. The summed E-state index contributed by atoms with van der Waals surface area (Å²) in [5.74, 6) is 0. The van der Waals surface area contributed by atoms with Crippen molar-refractivity contribution in [3.8, 4) is 0 Å². The molecule has 3 heterocycles. The van der Waals surface area contributed by atoms with Crippen LogP contribution in [0.1, 0.15) is 18.6 Å². The Hall–Kier alpha value is -2.31. The lowest BCUT2D eigenvalue weighted by molar-refractivity contribution is -0.0640. The number of nitrogens with one attached hydrogen (secondary N) is 2. The Bertz CT molecular complexity index is 843. The van der Waals surface area contributed by atoms with E-state index in [-0.39, 0.29) is 18.2 Å². The number of hydrogen-bond donors (Lipinski definition) is 2. The highest BCUT2D eigenvalue weighted by atomic mass is 32.1. The predicted molar refractivity (Wildman–Crippen MR) is 96.5 cm³/mol. The number of carbonyl (C=O) groups is 1. The minimum atomic E-state index is -0.0842. The summed E-state index contributed by atoms with van der Waals surface area (Å²) in [6, 6.07) is 9.80. The van der Waals surface area contributed by atoms with Crippen LogP contribution in [0.4, 0.5) is 10.5 Å². The summed E-state index contributed by atoms with van der Waals surface area (Å²) in [6.45, 7) is 3.16. The van der Waals surface area contributed by atoms with Gasteiger partial charge in [-0.3, -0.25) is 0 Å². The molecule has 0 radical (unpaired) electrons. The minimum Gasteiger partial charge on any atom is -0.367 e. The van der Waals surface area contributed by atoms with E-state index < -0.39 is 0 Å². The van der Waals surface area contributed by atoms with E-state index in [1.807, 2.05) is 47.7 Å². The first kappa shape index (κ1) is 15.2. The number of anilines is 1. The molecule has 0 spiro atoms. The van der Waals surface area contributed by atoms with E-state index in [9.17, 15) is 4.79 Å². The molecule has 124 valence electrons. The minimum absolute atomic E-state index is 0.0115. The summed E-state index contributed by atoms with van der Waals surface area (Å²) in [7, 11) is 0. The summed E-state index contributed by atoms with van der Waals surface area (Å²) in [6.07, 6.45) is 1.83. The van der Waals surface area contributed by atoms with Gasteiger partial charge in [0.15, 0.2) is 0 Å². The molecule has 1 fully saturated rings. The summed E-state index contributed by atoms with van der Waals surface area (Å²) >= 11 is 1.65. The van der Waals surface area contributed by atoms with E-state index in [1.165, 1.54) is 0 Å². The second kappa shape index (κ2) is 6.30. The lowest BCUT2D eigenvalue weighted by atomic mass is 10.1. The largest absolute Gasteiger partial charge is 0.367 e. The maximum atomic E-state index is 12.7. The number of aromatic amines is 1. The summed E-state index contributed by atoms with van der Waals surface area (Å²) in [4.78, 5) is 17.7. The van der Waals surface area contributed by atoms with Crippen molar-refractivity contribution in [2.75, 3.05) is 18.4 Å². The Balaban J connectivity index is 1.52. The lowest BCUT2D eigenvalue weighted by Gasteiger charge is -2.36. The third kappa shape index (κ3) is 2.90. The van der Waals surface area contributed by atoms with Crippen LogP contribution in [0, 0.1) is 0 Å². The molecule has 6 heteroatoms. The van der Waals surface area contributed by atoms with Crippen LogP contribution in [-0.4, -0.2) is 35.1 Å². The maximum Gasteiger partial charge on any atom is 0.322 e. The van der Waals surface area contributed by atoms with E-state index in [0.29, 0.717) is 13.1 Å². The van der Waals surface area contributed by atoms with Crippen molar-refractivity contribution in [3.63, 3.8) is 0 Å². The topological polar surface area (TPSA) is 57.4 Å². The van der Waals surface area contributed by atoms with Crippen molar-refractivity contribution >= 4 is 34.0 Å². The van der Waals surface area contributed by atoms with Gasteiger partial charge < -0.3 is 19.9 Å². The summed E-state index contributed by atoms with van der Waals surface area (Å²) < 4.78 is 6.00. The molecule has 5 nitrogen and oxygen atoms in total. The Morgan fingerprint density at radius 1 is 1.33 bits per heavy atom. The van der Waals surface area contributed by atoms with Crippen molar-refractivity contribution in [2.24, 2.45) is 0 Å². The molecule has 24 heavy (non-hydrogen) atoms. The SMILES string of the molecule is C[C@H]1CN(C(=O)Nc2cccc3[nH]ccc23)C[C@@H](c2ccsc2)O1. The number of rotatable bonds is 2. The number of benzene rings is 1. The zero-order chi connectivity index (χ0) is 16.5. The van der Waals surface area contributed by atoms with Crippen LogP contribution in [0.25, 0.3) is 10.9 Å². The third-order valence-electron chi connectivity index (χ3n) is 4.30. The molecule has 2 amide bonds. The Labute approximate surface area is 144 Å². The van der Waals surface area contributed by atoms with Crippen molar-refractivity contribution in [1.82, 2.24) is 9.88 Å². The van der Waals surface area contributed by atoms with Crippen LogP contribution in [0.3, 0.4) is 0 Å². The van der Waals surface area contributed by atoms with Crippen molar-refractivity contribution in [1.29, 1.82) is 0 Å². The molecule has 2 N–H and O–H groups in total. The second-order valence-corrected chi connectivity index (χ2v) is 6.85. The number of amides is 2. The number of thiophene rings is 1. The summed E-state index contributed by atoms with van der Waals surface area (Å²) in [5.41, 5.74) is 2.97. The van der Waals surface area contributed by atoms with Crippen LogP contribution in [0.2, 0.25) is 0 Å². The van der Waals surface area contributed by atoms with E-state index >= 15 is 0 Å². The molecule has 2 atom stereocenters. The number of nitrogens with zero attached hydrogens (tertiary/aromatic N) is 1. The molecule has 1 aliphatic heterocycles. The van der Waals surface area contributed by atoms with E-state index in [4.69, 9.17) is 4.74 Å². The molecule has 1 aromatic carbocycles. The van der Waals surface area contributed by atoms with Gasteiger partial charge in [0.05, 0.1) is 18.3 Å². The zero-order valence-corrected chi connectivity index (χ0v) is 14.2. The van der Waals surface area contributed by atoms with Gasteiger partial charge >= 0.3 is 6.03 Å². The number of H-pyrrole nitrogens is 1. The number of ether oxygens (including phenoxy) is 1. The van der Waals surface area contributed by atoms with E-state index in [1.54, 1.807) is 11.3 Å². The second-order valence-electron chi connectivity index (χ2n) is 6.07. The highest BCUT2D eigenvalue weighted by Crippen LogP contribution is 2.28. The van der Waals surface area contributed by atoms with Gasteiger partial charge in [-0.2, -0.15) is 11.3 Å². The third-order valence-corrected chi connectivity index (χ3v) is 5.00. The predicted octanol–water partition coefficient (Wildman–Crippen LogP) is 4.22. The quantitative estimate of drug-likeness (QED) is 0.733. The number of fused-ring (bicyclic) bond motifs is 1.